The fourth-order valence-corrected chi connectivity index (χ4v) is 3.12. The topological polar surface area (TPSA) is 32.3 Å². The minimum atomic E-state index is 0.173. The Kier molecular flexibility index (Phi) is 5.30. The highest BCUT2D eigenvalue weighted by Crippen LogP contribution is 2.19. The van der Waals surface area contributed by atoms with Gasteiger partial charge in [-0.3, -0.25) is 4.79 Å². The molecule has 0 spiro atoms. The summed E-state index contributed by atoms with van der Waals surface area (Å²) >= 11 is 0. The first-order valence-corrected chi connectivity index (χ1v) is 8.44. The number of rotatable bonds is 5. The molecule has 23 heavy (non-hydrogen) atoms. The molecule has 1 aliphatic rings. The molecule has 0 radical (unpaired) electrons. The molecule has 0 atom stereocenters. The van der Waals surface area contributed by atoms with Gasteiger partial charge in [0.15, 0.2) is 0 Å². The van der Waals surface area contributed by atoms with Gasteiger partial charge in [0.25, 0.3) is 0 Å². The van der Waals surface area contributed by atoms with Crippen LogP contribution >= 0.6 is 0 Å². The molecule has 0 unspecified atom stereocenters. The van der Waals surface area contributed by atoms with Crippen molar-refractivity contribution in [1.82, 2.24) is 5.32 Å². The molecule has 0 bridgehead atoms. The molecule has 2 aromatic carbocycles. The maximum absolute atomic E-state index is 12.1. The van der Waals surface area contributed by atoms with E-state index in [0.29, 0.717) is 12.5 Å². The van der Waals surface area contributed by atoms with E-state index in [0.717, 1.165) is 32.4 Å². The van der Waals surface area contributed by atoms with Crippen LogP contribution in [0.5, 0.6) is 0 Å². The van der Waals surface area contributed by atoms with Gasteiger partial charge in [-0.2, -0.15) is 0 Å². The number of para-hydroxylation sites is 1. The van der Waals surface area contributed by atoms with Gasteiger partial charge >= 0.3 is 0 Å². The summed E-state index contributed by atoms with van der Waals surface area (Å²) in [6, 6.07) is 21.0. The molecule has 1 saturated heterocycles. The normalized spacial score (nSPS) is 15.4. The number of anilines is 1. The Bertz CT molecular complexity index is 604. The van der Waals surface area contributed by atoms with Gasteiger partial charge in [0, 0.05) is 31.2 Å². The van der Waals surface area contributed by atoms with Crippen LogP contribution in [-0.2, 0) is 11.2 Å². The fourth-order valence-electron chi connectivity index (χ4n) is 3.12. The molecule has 1 N–H and O–H groups in total. The molecule has 0 aromatic heterocycles. The van der Waals surface area contributed by atoms with Gasteiger partial charge in [-0.05, 0) is 37.0 Å². The number of nitrogens with one attached hydrogen (secondary N) is 1. The highest BCUT2D eigenvalue weighted by molar-refractivity contribution is 5.76. The minimum Gasteiger partial charge on any atom is -0.371 e. The van der Waals surface area contributed by atoms with Crippen LogP contribution in [0.3, 0.4) is 0 Å². The van der Waals surface area contributed by atoms with E-state index in [1.54, 1.807) is 0 Å². The van der Waals surface area contributed by atoms with E-state index in [2.05, 4.69) is 46.6 Å². The van der Waals surface area contributed by atoms with Crippen molar-refractivity contribution >= 4 is 11.6 Å². The Morgan fingerprint density at radius 3 is 2.22 bits per heavy atom. The van der Waals surface area contributed by atoms with Crippen LogP contribution in [0, 0.1) is 0 Å². The van der Waals surface area contributed by atoms with Gasteiger partial charge in [-0.25, -0.2) is 0 Å². The van der Waals surface area contributed by atoms with Crippen LogP contribution < -0.4 is 10.2 Å². The Labute approximate surface area is 138 Å². The molecule has 3 heteroatoms. The van der Waals surface area contributed by atoms with Crippen LogP contribution in [0.1, 0.15) is 24.8 Å². The summed E-state index contributed by atoms with van der Waals surface area (Å²) < 4.78 is 0. The number of aryl methyl sites for hydroxylation is 1. The van der Waals surface area contributed by atoms with Gasteiger partial charge < -0.3 is 10.2 Å². The average molecular weight is 308 g/mol. The summed E-state index contributed by atoms with van der Waals surface area (Å²) in [5.74, 6) is 0.173. The number of piperidine rings is 1. The first-order chi connectivity index (χ1) is 11.3. The largest absolute Gasteiger partial charge is 0.371 e. The van der Waals surface area contributed by atoms with Crippen LogP contribution in [0.25, 0.3) is 0 Å². The SMILES string of the molecule is O=C(CCc1ccccc1)NC1CCN(c2ccccc2)CC1. The molecule has 2 aromatic rings. The highest BCUT2D eigenvalue weighted by atomic mass is 16.1. The summed E-state index contributed by atoms with van der Waals surface area (Å²) in [5.41, 5.74) is 2.50. The quantitative estimate of drug-likeness (QED) is 0.918. The molecule has 1 aliphatic heterocycles. The number of carbonyl (C=O) groups is 1. The second-order valence-electron chi connectivity index (χ2n) is 6.15. The maximum Gasteiger partial charge on any atom is 0.220 e. The zero-order valence-corrected chi connectivity index (χ0v) is 13.4. The predicted octanol–water partition coefficient (Wildman–Crippen LogP) is 3.40. The van der Waals surface area contributed by atoms with Crippen molar-refractivity contribution in [2.75, 3.05) is 18.0 Å². The number of nitrogens with zero attached hydrogens (tertiary/aromatic N) is 1. The molecule has 120 valence electrons. The Morgan fingerprint density at radius 2 is 1.57 bits per heavy atom. The van der Waals surface area contributed by atoms with Crippen LogP contribution in [0.2, 0.25) is 0 Å². The van der Waals surface area contributed by atoms with Crippen LogP contribution in [-0.4, -0.2) is 25.0 Å². The van der Waals surface area contributed by atoms with E-state index < -0.39 is 0 Å². The fraction of sp³-hybridized carbons (Fsp3) is 0.350. The van der Waals surface area contributed by atoms with Crippen molar-refractivity contribution < 1.29 is 4.79 Å². The van der Waals surface area contributed by atoms with E-state index >= 15 is 0 Å². The van der Waals surface area contributed by atoms with Crippen molar-refractivity contribution in [2.24, 2.45) is 0 Å². The molecular formula is C20H24N2O. The average Bonchev–Trinajstić information content (AvgIpc) is 2.62. The third kappa shape index (κ3) is 4.59. The van der Waals surface area contributed by atoms with Crippen LogP contribution in [0.15, 0.2) is 60.7 Å². The number of hydrogen-bond donors (Lipinski definition) is 1. The van der Waals surface area contributed by atoms with E-state index in [4.69, 9.17) is 0 Å². The number of hydrogen-bond acceptors (Lipinski definition) is 2. The van der Waals surface area contributed by atoms with Gasteiger partial charge in [0.2, 0.25) is 5.91 Å². The highest BCUT2D eigenvalue weighted by Gasteiger charge is 2.20. The van der Waals surface area contributed by atoms with Gasteiger partial charge in [0.1, 0.15) is 0 Å². The molecule has 1 fully saturated rings. The predicted molar refractivity (Wildman–Crippen MR) is 94.6 cm³/mol. The van der Waals surface area contributed by atoms with Gasteiger partial charge in [-0.15, -0.1) is 0 Å². The monoisotopic (exact) mass is 308 g/mol. The van der Waals surface area contributed by atoms with Crippen LogP contribution in [0.4, 0.5) is 5.69 Å². The Hall–Kier alpha value is -2.29. The van der Waals surface area contributed by atoms with Crippen molar-refractivity contribution in [2.45, 2.75) is 31.7 Å². The number of carbonyl (C=O) groups excluding carboxylic acids is 1. The van der Waals surface area contributed by atoms with Crippen molar-refractivity contribution in [3.8, 4) is 0 Å². The lowest BCUT2D eigenvalue weighted by atomic mass is 10.0. The van der Waals surface area contributed by atoms with E-state index in [-0.39, 0.29) is 5.91 Å². The lowest BCUT2D eigenvalue weighted by Crippen LogP contribution is -2.44. The summed E-state index contributed by atoms with van der Waals surface area (Å²) in [7, 11) is 0. The van der Waals surface area contributed by atoms with E-state index in [9.17, 15) is 4.79 Å². The molecule has 1 heterocycles. The minimum absolute atomic E-state index is 0.173. The zero-order chi connectivity index (χ0) is 15.9. The smallest absolute Gasteiger partial charge is 0.220 e. The molecule has 0 aliphatic carbocycles. The number of benzene rings is 2. The van der Waals surface area contributed by atoms with E-state index in [1.165, 1.54) is 11.3 Å². The molecule has 1 amide bonds. The lowest BCUT2D eigenvalue weighted by Gasteiger charge is -2.34. The Morgan fingerprint density at radius 1 is 0.957 bits per heavy atom. The second-order valence-corrected chi connectivity index (χ2v) is 6.15. The summed E-state index contributed by atoms with van der Waals surface area (Å²) in [6.45, 7) is 2.02. The first kappa shape index (κ1) is 15.6. The van der Waals surface area contributed by atoms with Gasteiger partial charge in [-0.1, -0.05) is 48.5 Å². The zero-order valence-electron chi connectivity index (χ0n) is 13.4. The standard InChI is InChI=1S/C20H24N2O/c23-20(12-11-17-7-3-1-4-8-17)21-18-13-15-22(16-14-18)19-9-5-2-6-10-19/h1-10,18H,11-16H2,(H,21,23). The molecule has 3 rings (SSSR count). The third-order valence-corrected chi connectivity index (χ3v) is 4.46. The molecular weight excluding hydrogens is 284 g/mol. The molecule has 0 saturated carbocycles. The second kappa shape index (κ2) is 7.82. The van der Waals surface area contributed by atoms with Crippen molar-refractivity contribution in [3.05, 3.63) is 66.2 Å². The number of amides is 1. The lowest BCUT2D eigenvalue weighted by molar-refractivity contribution is -0.121. The summed E-state index contributed by atoms with van der Waals surface area (Å²) in [4.78, 5) is 14.5. The summed E-state index contributed by atoms with van der Waals surface area (Å²) in [5, 5.41) is 3.20. The van der Waals surface area contributed by atoms with Crippen molar-refractivity contribution in [1.29, 1.82) is 0 Å². The van der Waals surface area contributed by atoms with E-state index in [1.807, 2.05) is 24.3 Å². The first-order valence-electron chi connectivity index (χ1n) is 8.44. The van der Waals surface area contributed by atoms with Crippen molar-refractivity contribution in [3.63, 3.8) is 0 Å². The molecule has 3 nitrogen and oxygen atoms in total. The van der Waals surface area contributed by atoms with Gasteiger partial charge in [0.05, 0.1) is 0 Å². The maximum atomic E-state index is 12.1. The third-order valence-electron chi connectivity index (χ3n) is 4.46. The summed E-state index contributed by atoms with van der Waals surface area (Å²) in [6.07, 6.45) is 3.43. The Balaban J connectivity index is 1.41.